The van der Waals surface area contributed by atoms with Gasteiger partial charge in [0.1, 0.15) is 11.3 Å². The fourth-order valence-electron chi connectivity index (χ4n) is 3.07. The van der Waals surface area contributed by atoms with Gasteiger partial charge in [-0.1, -0.05) is 25.8 Å². The Kier molecular flexibility index (Phi) is 5.86. The van der Waals surface area contributed by atoms with E-state index in [4.69, 9.17) is 4.74 Å². The van der Waals surface area contributed by atoms with Crippen LogP contribution in [0.3, 0.4) is 0 Å². The molecule has 0 aliphatic heterocycles. The van der Waals surface area contributed by atoms with Crippen molar-refractivity contribution in [2.24, 2.45) is 5.92 Å². The highest BCUT2D eigenvalue weighted by atomic mass is 16.5. The van der Waals surface area contributed by atoms with Crippen molar-refractivity contribution in [3.05, 3.63) is 28.8 Å². The van der Waals surface area contributed by atoms with Crippen molar-refractivity contribution < 1.29 is 19.4 Å². The second-order valence-corrected chi connectivity index (χ2v) is 6.83. The van der Waals surface area contributed by atoms with Gasteiger partial charge in [0.15, 0.2) is 6.10 Å². The molecule has 0 bridgehead atoms. The lowest BCUT2D eigenvalue weighted by atomic mass is 9.86. The topological polar surface area (TPSA) is 75.6 Å². The van der Waals surface area contributed by atoms with Crippen LogP contribution in [0.1, 0.15) is 61.0 Å². The van der Waals surface area contributed by atoms with Crippen molar-refractivity contribution in [1.29, 1.82) is 0 Å². The fourth-order valence-corrected chi connectivity index (χ4v) is 3.07. The van der Waals surface area contributed by atoms with Gasteiger partial charge in [0, 0.05) is 6.04 Å². The second kappa shape index (κ2) is 7.69. The number of aromatic hydroxyl groups is 1. The maximum absolute atomic E-state index is 12.3. The van der Waals surface area contributed by atoms with Crippen LogP contribution in [0.5, 0.6) is 5.75 Å². The van der Waals surface area contributed by atoms with Crippen LogP contribution in [-0.2, 0) is 9.53 Å². The van der Waals surface area contributed by atoms with E-state index in [1.165, 1.54) is 12.5 Å². The number of amides is 1. The number of rotatable bonds is 4. The minimum atomic E-state index is -0.896. The highest BCUT2D eigenvalue weighted by Gasteiger charge is 2.27. The first kappa shape index (κ1) is 18.3. The third kappa shape index (κ3) is 4.08. The number of carbonyl (C=O) groups is 2. The number of phenolic OH excluding ortho intramolecular Hbond substituents is 1. The van der Waals surface area contributed by atoms with E-state index in [0.717, 1.165) is 24.8 Å². The summed E-state index contributed by atoms with van der Waals surface area (Å²) in [6, 6.07) is 3.41. The summed E-state index contributed by atoms with van der Waals surface area (Å²) in [5, 5.41) is 13.1. The highest BCUT2D eigenvalue weighted by molar-refractivity contribution is 5.95. The van der Waals surface area contributed by atoms with Gasteiger partial charge in [-0.05, 0) is 56.7 Å². The number of hydrogen-bond acceptors (Lipinski definition) is 4. The summed E-state index contributed by atoms with van der Waals surface area (Å²) in [6.07, 6.45) is 3.48. The first-order valence-electron chi connectivity index (χ1n) is 8.61. The first-order chi connectivity index (χ1) is 11.3. The Morgan fingerprint density at radius 1 is 1.25 bits per heavy atom. The third-order valence-electron chi connectivity index (χ3n) is 5.01. The van der Waals surface area contributed by atoms with Crippen LogP contribution >= 0.6 is 0 Å². The second-order valence-electron chi connectivity index (χ2n) is 6.83. The molecule has 5 heteroatoms. The lowest BCUT2D eigenvalue weighted by Crippen LogP contribution is -2.46. The molecule has 1 fully saturated rings. The average molecular weight is 333 g/mol. The Morgan fingerprint density at radius 2 is 1.92 bits per heavy atom. The summed E-state index contributed by atoms with van der Waals surface area (Å²) in [6.45, 7) is 7.28. The summed E-state index contributed by atoms with van der Waals surface area (Å²) in [5.74, 6) is -0.622. The number of ether oxygens (including phenoxy) is 1. The molecule has 3 atom stereocenters. The Hall–Kier alpha value is -2.04. The van der Waals surface area contributed by atoms with E-state index in [-0.39, 0.29) is 23.3 Å². The van der Waals surface area contributed by atoms with Gasteiger partial charge in [0.05, 0.1) is 0 Å². The van der Waals surface area contributed by atoms with Crippen molar-refractivity contribution in [1.82, 2.24) is 5.32 Å². The molecule has 0 saturated heterocycles. The zero-order valence-electron chi connectivity index (χ0n) is 14.9. The van der Waals surface area contributed by atoms with E-state index in [9.17, 15) is 14.7 Å². The largest absolute Gasteiger partial charge is 0.507 e. The standard InChI is InChI=1S/C19H27NO4/c1-11-9-10-15(17(21)13(11)3)19(23)24-14(4)18(22)20-16-8-6-5-7-12(16)2/h9-10,12,14,16,21H,5-8H2,1-4H3,(H,20,22)/t12-,14+,16+/m0/s1. The molecule has 5 nitrogen and oxygen atoms in total. The number of nitrogens with one attached hydrogen (secondary N) is 1. The Balaban J connectivity index is 1.98. The van der Waals surface area contributed by atoms with E-state index in [0.29, 0.717) is 11.5 Å². The number of carbonyl (C=O) groups excluding carboxylic acids is 2. The maximum Gasteiger partial charge on any atom is 0.342 e. The van der Waals surface area contributed by atoms with E-state index < -0.39 is 12.1 Å². The van der Waals surface area contributed by atoms with E-state index in [2.05, 4.69) is 12.2 Å². The normalized spacial score (nSPS) is 21.8. The lowest BCUT2D eigenvalue weighted by molar-refractivity contribution is -0.130. The smallest absolute Gasteiger partial charge is 0.342 e. The molecule has 1 saturated carbocycles. The van der Waals surface area contributed by atoms with Crippen LogP contribution in [0.4, 0.5) is 0 Å². The van der Waals surface area contributed by atoms with Gasteiger partial charge in [-0.2, -0.15) is 0 Å². The number of phenols is 1. The van der Waals surface area contributed by atoms with Crippen LogP contribution in [-0.4, -0.2) is 29.1 Å². The van der Waals surface area contributed by atoms with Gasteiger partial charge in [-0.15, -0.1) is 0 Å². The zero-order valence-corrected chi connectivity index (χ0v) is 14.9. The van der Waals surface area contributed by atoms with Crippen molar-refractivity contribution in [3.8, 4) is 5.75 Å². The van der Waals surface area contributed by atoms with E-state index in [1.807, 2.05) is 6.92 Å². The van der Waals surface area contributed by atoms with Crippen molar-refractivity contribution >= 4 is 11.9 Å². The Bertz CT molecular complexity index is 626. The molecule has 0 heterocycles. The van der Waals surface area contributed by atoms with Crippen LogP contribution in [0.25, 0.3) is 0 Å². The van der Waals surface area contributed by atoms with Crippen LogP contribution in [0.2, 0.25) is 0 Å². The molecule has 132 valence electrons. The molecular formula is C19H27NO4. The molecular weight excluding hydrogens is 306 g/mol. The molecule has 1 amide bonds. The molecule has 0 aromatic heterocycles. The summed E-state index contributed by atoms with van der Waals surface area (Å²) in [4.78, 5) is 24.5. The highest BCUT2D eigenvalue weighted by Crippen LogP contribution is 2.26. The minimum Gasteiger partial charge on any atom is -0.507 e. The van der Waals surface area contributed by atoms with Gasteiger partial charge in [-0.25, -0.2) is 4.79 Å². The molecule has 2 rings (SSSR count). The molecule has 1 aliphatic carbocycles. The monoisotopic (exact) mass is 333 g/mol. The Morgan fingerprint density at radius 3 is 2.58 bits per heavy atom. The predicted molar refractivity (Wildman–Crippen MR) is 92.0 cm³/mol. The molecule has 2 N–H and O–H groups in total. The van der Waals surface area contributed by atoms with E-state index >= 15 is 0 Å². The average Bonchev–Trinajstić information content (AvgIpc) is 2.54. The van der Waals surface area contributed by atoms with Gasteiger partial charge in [0.25, 0.3) is 5.91 Å². The van der Waals surface area contributed by atoms with E-state index in [1.54, 1.807) is 19.9 Å². The minimum absolute atomic E-state index is 0.0868. The number of hydrogen-bond donors (Lipinski definition) is 2. The Labute approximate surface area is 143 Å². The first-order valence-corrected chi connectivity index (χ1v) is 8.61. The molecule has 24 heavy (non-hydrogen) atoms. The molecule has 0 radical (unpaired) electrons. The summed E-state index contributed by atoms with van der Waals surface area (Å²) >= 11 is 0. The summed E-state index contributed by atoms with van der Waals surface area (Å²) < 4.78 is 5.24. The fraction of sp³-hybridized carbons (Fsp3) is 0.579. The van der Waals surface area contributed by atoms with Crippen LogP contribution < -0.4 is 5.32 Å². The SMILES string of the molecule is Cc1ccc(C(=O)O[C@H](C)C(=O)N[C@@H]2CCCC[C@@H]2C)c(O)c1C. The maximum atomic E-state index is 12.3. The van der Waals surface area contributed by atoms with Crippen molar-refractivity contribution in [2.45, 2.75) is 65.5 Å². The molecule has 1 aromatic carbocycles. The van der Waals surface area contributed by atoms with Crippen LogP contribution in [0, 0.1) is 19.8 Å². The van der Waals surface area contributed by atoms with Crippen molar-refractivity contribution in [2.75, 3.05) is 0 Å². The number of aryl methyl sites for hydroxylation is 1. The molecule has 0 unspecified atom stereocenters. The predicted octanol–water partition coefficient (Wildman–Crippen LogP) is 3.25. The quantitative estimate of drug-likeness (QED) is 0.829. The number of benzene rings is 1. The summed E-state index contributed by atoms with van der Waals surface area (Å²) in [7, 11) is 0. The number of esters is 1. The van der Waals surface area contributed by atoms with Gasteiger partial charge in [0.2, 0.25) is 0 Å². The lowest BCUT2D eigenvalue weighted by Gasteiger charge is -2.30. The van der Waals surface area contributed by atoms with Crippen LogP contribution in [0.15, 0.2) is 12.1 Å². The molecule has 1 aromatic rings. The molecule has 0 spiro atoms. The van der Waals surface area contributed by atoms with Gasteiger partial charge >= 0.3 is 5.97 Å². The van der Waals surface area contributed by atoms with Crippen molar-refractivity contribution in [3.63, 3.8) is 0 Å². The van der Waals surface area contributed by atoms with Gasteiger partial charge in [-0.3, -0.25) is 4.79 Å². The third-order valence-corrected chi connectivity index (χ3v) is 5.01. The molecule has 1 aliphatic rings. The van der Waals surface area contributed by atoms with Gasteiger partial charge < -0.3 is 15.2 Å². The zero-order chi connectivity index (χ0) is 17.9. The summed E-state index contributed by atoms with van der Waals surface area (Å²) in [5.41, 5.74) is 1.61.